The van der Waals surface area contributed by atoms with Crippen LogP contribution in [0.4, 0.5) is 13.2 Å². The Balaban J connectivity index is 0.000000244. The van der Waals surface area contributed by atoms with Crippen molar-refractivity contribution in [2.24, 2.45) is 5.92 Å². The van der Waals surface area contributed by atoms with Crippen LogP contribution in [0.3, 0.4) is 0 Å². The van der Waals surface area contributed by atoms with Crippen molar-refractivity contribution < 1.29 is 37.4 Å². The first-order chi connectivity index (χ1) is 19.0. The molecule has 1 unspecified atom stereocenters. The van der Waals surface area contributed by atoms with Crippen LogP contribution in [0.5, 0.6) is 0 Å². The van der Waals surface area contributed by atoms with Crippen molar-refractivity contribution in [2.45, 2.75) is 85.7 Å². The molecule has 3 aromatic carbocycles. The predicted molar refractivity (Wildman–Crippen MR) is 164 cm³/mol. The molecule has 2 aliphatic carbocycles. The first-order valence-electron chi connectivity index (χ1n) is 13.8. The zero-order valence-electron chi connectivity index (χ0n) is 25.9. The Labute approximate surface area is 261 Å². The molecule has 218 valence electrons. The molecule has 0 amide bonds. The molecule has 1 atom stereocenters. The SMILES string of the molecule is CC(C)(C)c1c[c-]c2c(c1)-c1cc(C(C)(C)C)ccc1C2.CC1=[C-]C(C)C=C1C.FC(F)(F)c1cc[c-]cc1.[CH2]=[Zr]. The third kappa shape index (κ3) is 9.88. The van der Waals surface area contributed by atoms with Gasteiger partial charge in [0, 0.05) is 0 Å². The predicted octanol–water partition coefficient (Wildman–Crippen LogP) is 10.5. The van der Waals surface area contributed by atoms with E-state index in [1.165, 1.54) is 80.9 Å². The Kier molecular flexibility index (Phi) is 12.1. The summed E-state index contributed by atoms with van der Waals surface area (Å²) in [6.07, 6.45) is 2.32. The summed E-state index contributed by atoms with van der Waals surface area (Å²) in [6.45, 7) is 20.0. The van der Waals surface area contributed by atoms with Gasteiger partial charge in [0.05, 0.1) is 0 Å². The van der Waals surface area contributed by atoms with Gasteiger partial charge in [-0.2, -0.15) is 78.9 Å². The second-order valence-corrected chi connectivity index (χ2v) is 12.5. The molecule has 0 heterocycles. The van der Waals surface area contributed by atoms with Crippen LogP contribution < -0.4 is 0 Å². The van der Waals surface area contributed by atoms with Crippen molar-refractivity contribution in [1.29, 1.82) is 0 Å². The van der Waals surface area contributed by atoms with E-state index in [-0.39, 0.29) is 10.8 Å². The van der Waals surface area contributed by atoms with Gasteiger partial charge in [0.15, 0.2) is 0 Å². The summed E-state index contributed by atoms with van der Waals surface area (Å²) in [4.78, 5) is 0. The average Bonchev–Trinajstić information content (AvgIpc) is 3.41. The molecule has 0 fully saturated rings. The molecule has 0 aliphatic heterocycles. The van der Waals surface area contributed by atoms with Crippen LogP contribution in [0.2, 0.25) is 0 Å². The average molecular weight is 635 g/mol. The molecule has 0 saturated heterocycles. The molecule has 4 heteroatoms. The second kappa shape index (κ2) is 14.2. The van der Waals surface area contributed by atoms with Crippen molar-refractivity contribution in [3.05, 3.63) is 118 Å². The number of alkyl halides is 3. The van der Waals surface area contributed by atoms with E-state index in [9.17, 15) is 13.2 Å². The summed E-state index contributed by atoms with van der Waals surface area (Å²) < 4.78 is 38.7. The van der Waals surface area contributed by atoms with Gasteiger partial charge in [-0.3, -0.25) is 6.08 Å². The van der Waals surface area contributed by atoms with E-state index in [4.69, 9.17) is 0 Å². The van der Waals surface area contributed by atoms with Crippen LogP contribution in [0.1, 0.15) is 90.1 Å². The van der Waals surface area contributed by atoms with Crippen LogP contribution in [0, 0.1) is 24.1 Å². The number of rotatable bonds is 0. The fourth-order valence-electron chi connectivity index (χ4n) is 4.56. The van der Waals surface area contributed by atoms with Crippen molar-refractivity contribution in [2.75, 3.05) is 0 Å². The molecule has 5 rings (SSSR count). The van der Waals surface area contributed by atoms with E-state index < -0.39 is 11.7 Å². The zero-order chi connectivity index (χ0) is 31.2. The Hall–Kier alpha value is -2.32. The van der Waals surface area contributed by atoms with Crippen molar-refractivity contribution in [1.82, 2.24) is 0 Å². The van der Waals surface area contributed by atoms with Gasteiger partial charge in [-0.05, 0) is 17.4 Å². The third-order valence-corrected chi connectivity index (χ3v) is 7.11. The number of halogens is 3. The Morgan fingerprint density at radius 2 is 1.37 bits per heavy atom. The molecule has 0 bridgehead atoms. The van der Waals surface area contributed by atoms with Gasteiger partial charge < -0.3 is 0 Å². The fraction of sp³-hybridized carbons (Fsp3) is 0.378. The standard InChI is InChI=1S/C21H25.C8H11.C7H4F3.CH2.Zr/c1-20(2,3)16-9-7-14-11-15-8-10-17(21(4,5)6)13-19(15)18(14)12-16;1-6-4-7(2)8(3)5-6;8-7(9,10)6-4-2-1-3-5-6;;/h7,9-10,12-13H,11H2,1-6H3;4,6H,1-3H3;2-5H;1H2;/q3*-1;;. The van der Waals surface area contributed by atoms with E-state index >= 15 is 0 Å². The quantitative estimate of drug-likeness (QED) is 0.169. The number of fused-ring (bicyclic) bond motifs is 3. The summed E-state index contributed by atoms with van der Waals surface area (Å²) in [5.74, 6) is 0.551. The molecule has 3 aromatic rings. The third-order valence-electron chi connectivity index (χ3n) is 7.11. The number of benzene rings is 3. The minimum atomic E-state index is -4.23. The van der Waals surface area contributed by atoms with Crippen LogP contribution in [0.25, 0.3) is 11.1 Å². The van der Waals surface area contributed by atoms with Gasteiger partial charge in [-0.15, -0.1) is 12.5 Å². The Morgan fingerprint density at radius 3 is 1.78 bits per heavy atom. The molecular weight excluding hydrogens is 593 g/mol. The van der Waals surface area contributed by atoms with Gasteiger partial charge in [-0.25, -0.2) is 11.1 Å². The molecule has 0 nitrogen and oxygen atoms in total. The van der Waals surface area contributed by atoms with E-state index in [0.717, 1.165) is 18.6 Å². The molecule has 0 radical (unpaired) electrons. The maximum atomic E-state index is 11.8. The number of allylic oxidation sites excluding steroid dienone is 4. The zero-order valence-corrected chi connectivity index (χ0v) is 28.4. The van der Waals surface area contributed by atoms with Gasteiger partial charge >= 0.3 is 34.6 Å². The molecule has 0 saturated carbocycles. The van der Waals surface area contributed by atoms with Gasteiger partial charge in [0.25, 0.3) is 0 Å². The van der Waals surface area contributed by atoms with Crippen LogP contribution in [-0.4, -0.2) is 4.21 Å². The summed E-state index contributed by atoms with van der Waals surface area (Å²) in [6, 6.07) is 22.0. The summed E-state index contributed by atoms with van der Waals surface area (Å²) in [7, 11) is 0. The van der Waals surface area contributed by atoms with Gasteiger partial charge in [0.1, 0.15) is 0 Å². The van der Waals surface area contributed by atoms with Crippen molar-refractivity contribution in [3.8, 4) is 11.1 Å². The number of hydrogen-bond acceptors (Lipinski definition) is 0. The molecule has 0 N–H and O–H groups in total. The molecule has 41 heavy (non-hydrogen) atoms. The summed E-state index contributed by atoms with van der Waals surface area (Å²) in [5, 5.41) is 0. The van der Waals surface area contributed by atoms with E-state index in [1.54, 1.807) is 0 Å². The molecule has 0 spiro atoms. The van der Waals surface area contributed by atoms with E-state index in [2.05, 4.69) is 121 Å². The van der Waals surface area contributed by atoms with E-state index in [0.29, 0.717) is 5.92 Å². The summed E-state index contributed by atoms with van der Waals surface area (Å²) >= 11 is 1.30. The topological polar surface area (TPSA) is 0 Å². The number of hydrogen-bond donors (Lipinski definition) is 0. The second-order valence-electron chi connectivity index (χ2n) is 12.5. The minimum absolute atomic E-state index is 0.177. The monoisotopic (exact) mass is 633 g/mol. The van der Waals surface area contributed by atoms with Crippen LogP contribution >= 0.6 is 0 Å². The van der Waals surface area contributed by atoms with Crippen molar-refractivity contribution in [3.63, 3.8) is 0 Å². The Bertz CT molecular complexity index is 1280. The molecular formula is C37H42F3Zr-3. The maximum absolute atomic E-state index is 11.8. The van der Waals surface area contributed by atoms with Gasteiger partial charge in [-0.1, -0.05) is 102 Å². The Morgan fingerprint density at radius 1 is 0.805 bits per heavy atom. The summed E-state index contributed by atoms with van der Waals surface area (Å²) in [5.41, 5.74) is 10.8. The first kappa shape index (κ1) is 34.9. The van der Waals surface area contributed by atoms with E-state index in [1.807, 2.05) is 0 Å². The fourth-order valence-corrected chi connectivity index (χ4v) is 4.56. The normalized spacial score (nSPS) is 15.4. The van der Waals surface area contributed by atoms with Crippen LogP contribution in [0.15, 0.2) is 71.8 Å². The first-order valence-corrected chi connectivity index (χ1v) is 15.6. The molecule has 2 aliphatic rings. The van der Waals surface area contributed by atoms with Crippen molar-refractivity contribution >= 4 is 4.21 Å². The van der Waals surface area contributed by atoms with Crippen LogP contribution in [-0.2, 0) is 47.7 Å². The molecule has 0 aromatic heterocycles. The van der Waals surface area contributed by atoms with Gasteiger partial charge in [0.2, 0.25) is 0 Å².